The van der Waals surface area contributed by atoms with Crippen molar-refractivity contribution < 1.29 is 9.84 Å². The Morgan fingerprint density at radius 1 is 1.31 bits per heavy atom. The van der Waals surface area contributed by atoms with E-state index >= 15 is 0 Å². The van der Waals surface area contributed by atoms with Crippen molar-refractivity contribution in [2.45, 2.75) is 13.2 Å². The molecule has 1 heterocycles. The standard InChI is InChI=1S/C12H14N2O2/c1-14-9-13-6-11(14)8-16-12-4-2-10(7-15)3-5-12/h2-6,9,15H,7-8H2,1H3. The largest absolute Gasteiger partial charge is 0.487 e. The molecule has 0 radical (unpaired) electrons. The van der Waals surface area contributed by atoms with Gasteiger partial charge in [0.15, 0.2) is 0 Å². The van der Waals surface area contributed by atoms with Crippen LogP contribution >= 0.6 is 0 Å². The van der Waals surface area contributed by atoms with Gasteiger partial charge >= 0.3 is 0 Å². The fraction of sp³-hybridized carbons (Fsp3) is 0.250. The van der Waals surface area contributed by atoms with Crippen molar-refractivity contribution in [3.8, 4) is 5.75 Å². The molecule has 0 saturated carbocycles. The first-order valence-electron chi connectivity index (χ1n) is 5.07. The number of benzene rings is 1. The van der Waals surface area contributed by atoms with Crippen molar-refractivity contribution in [1.82, 2.24) is 9.55 Å². The minimum atomic E-state index is 0.0576. The van der Waals surface area contributed by atoms with Crippen molar-refractivity contribution in [2.24, 2.45) is 7.05 Å². The highest BCUT2D eigenvalue weighted by Gasteiger charge is 1.99. The number of aliphatic hydroxyl groups excluding tert-OH is 1. The number of aliphatic hydroxyl groups is 1. The van der Waals surface area contributed by atoms with Crippen LogP contribution in [0.15, 0.2) is 36.8 Å². The highest BCUT2D eigenvalue weighted by Crippen LogP contribution is 2.13. The lowest BCUT2D eigenvalue weighted by atomic mass is 10.2. The van der Waals surface area contributed by atoms with E-state index in [-0.39, 0.29) is 6.61 Å². The molecule has 1 aromatic carbocycles. The van der Waals surface area contributed by atoms with Crippen molar-refractivity contribution >= 4 is 0 Å². The van der Waals surface area contributed by atoms with Gasteiger partial charge < -0.3 is 14.4 Å². The van der Waals surface area contributed by atoms with Gasteiger partial charge in [0.1, 0.15) is 12.4 Å². The van der Waals surface area contributed by atoms with E-state index in [1.54, 1.807) is 12.5 Å². The molecule has 16 heavy (non-hydrogen) atoms. The molecule has 0 atom stereocenters. The van der Waals surface area contributed by atoms with Crippen LogP contribution in [-0.4, -0.2) is 14.7 Å². The third-order valence-corrected chi connectivity index (χ3v) is 2.41. The number of nitrogens with zero attached hydrogens (tertiary/aromatic N) is 2. The van der Waals surface area contributed by atoms with Gasteiger partial charge in [-0.2, -0.15) is 0 Å². The molecule has 0 unspecified atom stereocenters. The molecule has 0 aliphatic carbocycles. The lowest BCUT2D eigenvalue weighted by Crippen LogP contribution is -2.01. The summed E-state index contributed by atoms with van der Waals surface area (Å²) in [6.07, 6.45) is 3.52. The summed E-state index contributed by atoms with van der Waals surface area (Å²) in [6.45, 7) is 0.553. The molecule has 2 rings (SSSR count). The zero-order valence-corrected chi connectivity index (χ0v) is 9.13. The molecule has 84 valence electrons. The van der Waals surface area contributed by atoms with E-state index in [9.17, 15) is 0 Å². The number of rotatable bonds is 4. The highest BCUT2D eigenvalue weighted by atomic mass is 16.5. The van der Waals surface area contributed by atoms with Crippen molar-refractivity contribution in [1.29, 1.82) is 0 Å². The minimum Gasteiger partial charge on any atom is -0.487 e. The maximum Gasteiger partial charge on any atom is 0.130 e. The SMILES string of the molecule is Cn1cncc1COc1ccc(CO)cc1. The second kappa shape index (κ2) is 4.81. The summed E-state index contributed by atoms with van der Waals surface area (Å²) in [5.41, 5.74) is 1.90. The number of ether oxygens (including phenoxy) is 1. The lowest BCUT2D eigenvalue weighted by Gasteiger charge is -2.06. The van der Waals surface area contributed by atoms with E-state index in [4.69, 9.17) is 9.84 Å². The van der Waals surface area contributed by atoms with Crippen molar-refractivity contribution in [3.63, 3.8) is 0 Å². The van der Waals surface area contributed by atoms with Gasteiger partial charge in [0.2, 0.25) is 0 Å². The fourth-order valence-electron chi connectivity index (χ4n) is 1.37. The quantitative estimate of drug-likeness (QED) is 0.845. The zero-order valence-electron chi connectivity index (χ0n) is 9.13. The number of aromatic nitrogens is 2. The van der Waals surface area contributed by atoms with Gasteiger partial charge in [-0.3, -0.25) is 0 Å². The predicted octanol–water partition coefficient (Wildman–Crippen LogP) is 1.49. The number of hydrogen-bond acceptors (Lipinski definition) is 3. The van der Waals surface area contributed by atoms with E-state index in [2.05, 4.69) is 4.98 Å². The van der Waals surface area contributed by atoms with Gasteiger partial charge in [-0.1, -0.05) is 12.1 Å². The number of aryl methyl sites for hydroxylation is 1. The maximum atomic E-state index is 8.89. The summed E-state index contributed by atoms with van der Waals surface area (Å²) in [7, 11) is 1.93. The van der Waals surface area contributed by atoms with E-state index < -0.39 is 0 Å². The molecule has 4 nitrogen and oxygen atoms in total. The first kappa shape index (κ1) is 10.7. The normalized spacial score (nSPS) is 10.4. The molecule has 0 aliphatic rings. The molecule has 0 bridgehead atoms. The third kappa shape index (κ3) is 2.41. The summed E-state index contributed by atoms with van der Waals surface area (Å²) >= 11 is 0. The van der Waals surface area contributed by atoms with Gasteiger partial charge in [-0.05, 0) is 17.7 Å². The van der Waals surface area contributed by atoms with Gasteiger partial charge in [0.05, 0.1) is 24.8 Å². The zero-order chi connectivity index (χ0) is 11.4. The molecule has 0 fully saturated rings. The fourth-order valence-corrected chi connectivity index (χ4v) is 1.37. The summed E-state index contributed by atoms with van der Waals surface area (Å²) in [5.74, 6) is 0.790. The van der Waals surface area contributed by atoms with Crippen LogP contribution in [0.5, 0.6) is 5.75 Å². The maximum absolute atomic E-state index is 8.89. The Bertz CT molecular complexity index is 448. The molecule has 1 N–H and O–H groups in total. The van der Waals surface area contributed by atoms with Crippen LogP contribution in [0.4, 0.5) is 0 Å². The van der Waals surface area contributed by atoms with Crippen molar-refractivity contribution in [2.75, 3.05) is 0 Å². The molecule has 0 aliphatic heterocycles. The molecule has 1 aromatic heterocycles. The molecule has 4 heteroatoms. The van der Waals surface area contributed by atoms with Crippen LogP contribution in [-0.2, 0) is 20.3 Å². The molecular weight excluding hydrogens is 204 g/mol. The second-order valence-electron chi connectivity index (χ2n) is 3.59. The molecule has 0 amide bonds. The average Bonchev–Trinajstić information content (AvgIpc) is 2.73. The Labute approximate surface area is 94.1 Å². The summed E-state index contributed by atoms with van der Waals surface area (Å²) in [5, 5.41) is 8.89. The number of hydrogen-bond donors (Lipinski definition) is 1. The Balaban J connectivity index is 1.97. The topological polar surface area (TPSA) is 47.3 Å². The summed E-state index contributed by atoms with van der Waals surface area (Å²) < 4.78 is 7.51. The predicted molar refractivity (Wildman–Crippen MR) is 59.9 cm³/mol. The van der Waals surface area contributed by atoms with Crippen LogP contribution in [0, 0.1) is 0 Å². The van der Waals surface area contributed by atoms with E-state index in [0.717, 1.165) is 17.0 Å². The van der Waals surface area contributed by atoms with E-state index in [1.807, 2.05) is 35.9 Å². The second-order valence-corrected chi connectivity index (χ2v) is 3.59. The smallest absolute Gasteiger partial charge is 0.130 e. The lowest BCUT2D eigenvalue weighted by molar-refractivity contribution is 0.280. The van der Waals surface area contributed by atoms with Crippen LogP contribution in [0.2, 0.25) is 0 Å². The molecular formula is C12H14N2O2. The first-order valence-corrected chi connectivity index (χ1v) is 5.07. The van der Waals surface area contributed by atoms with Crippen LogP contribution < -0.4 is 4.74 Å². The monoisotopic (exact) mass is 218 g/mol. The Hall–Kier alpha value is -1.81. The van der Waals surface area contributed by atoms with Crippen LogP contribution in [0.3, 0.4) is 0 Å². The minimum absolute atomic E-state index is 0.0576. The van der Waals surface area contributed by atoms with Crippen molar-refractivity contribution in [3.05, 3.63) is 48.0 Å². The average molecular weight is 218 g/mol. The summed E-state index contributed by atoms with van der Waals surface area (Å²) in [6, 6.07) is 7.39. The van der Waals surface area contributed by atoms with E-state index in [1.165, 1.54) is 0 Å². The number of imidazole rings is 1. The first-order chi connectivity index (χ1) is 7.79. The van der Waals surface area contributed by atoms with Gasteiger partial charge in [-0.15, -0.1) is 0 Å². The van der Waals surface area contributed by atoms with Gasteiger partial charge in [0, 0.05) is 7.05 Å². The summed E-state index contributed by atoms with van der Waals surface area (Å²) in [4.78, 5) is 4.01. The molecule has 2 aromatic rings. The Morgan fingerprint density at radius 3 is 2.62 bits per heavy atom. The van der Waals surface area contributed by atoms with Crippen LogP contribution in [0.1, 0.15) is 11.3 Å². The van der Waals surface area contributed by atoms with Gasteiger partial charge in [0.25, 0.3) is 0 Å². The highest BCUT2D eigenvalue weighted by molar-refractivity contribution is 5.26. The van der Waals surface area contributed by atoms with Crippen LogP contribution in [0.25, 0.3) is 0 Å². The van der Waals surface area contributed by atoms with Gasteiger partial charge in [-0.25, -0.2) is 4.98 Å². The Kier molecular flexibility index (Phi) is 3.22. The Morgan fingerprint density at radius 2 is 2.06 bits per heavy atom. The van der Waals surface area contributed by atoms with E-state index in [0.29, 0.717) is 6.61 Å². The molecule has 0 spiro atoms. The third-order valence-electron chi connectivity index (χ3n) is 2.41. The molecule has 0 saturated heterocycles.